The number of thiocarbonyl (C=S) groups is 1. The predicted octanol–water partition coefficient (Wildman–Crippen LogP) is 4.92. The quantitative estimate of drug-likeness (QED) is 0.471. The molecule has 0 aliphatic heterocycles. The van der Waals surface area contributed by atoms with E-state index < -0.39 is 10.0 Å². The van der Waals surface area contributed by atoms with E-state index in [1.54, 1.807) is 43.5 Å². The van der Waals surface area contributed by atoms with E-state index in [1.165, 1.54) is 12.1 Å². The number of nitrogens with one attached hydrogen (secondary N) is 3. The predicted molar refractivity (Wildman–Crippen MR) is 126 cm³/mol. The number of hydrogen-bond acceptors (Lipinski definition) is 4. The van der Waals surface area contributed by atoms with Gasteiger partial charge in [-0.25, -0.2) is 8.42 Å². The van der Waals surface area contributed by atoms with Crippen molar-refractivity contribution in [3.63, 3.8) is 0 Å². The van der Waals surface area contributed by atoms with Gasteiger partial charge in [0.25, 0.3) is 10.0 Å². The largest absolute Gasteiger partial charge is 0.497 e. The van der Waals surface area contributed by atoms with E-state index in [0.717, 1.165) is 16.8 Å². The molecule has 8 heteroatoms. The van der Waals surface area contributed by atoms with Crippen molar-refractivity contribution in [2.75, 3.05) is 22.5 Å². The van der Waals surface area contributed by atoms with Crippen molar-refractivity contribution in [2.45, 2.75) is 18.7 Å². The van der Waals surface area contributed by atoms with E-state index in [1.807, 2.05) is 26.0 Å². The summed E-state index contributed by atoms with van der Waals surface area (Å²) in [6.45, 7) is 4.04. The van der Waals surface area contributed by atoms with Crippen molar-refractivity contribution in [2.24, 2.45) is 0 Å². The standard InChI is InChI=1S/C22H23N3O3S2/c1-15-12-16(2)14-19(13-15)24-22(29)23-17-6-10-21(11-7-17)30(26,27)25-18-4-8-20(28-3)9-5-18/h4-14,25H,1-3H3,(H2,23,24,29). The SMILES string of the molecule is COc1ccc(NS(=O)(=O)c2ccc(NC(=S)Nc3cc(C)cc(C)c3)cc2)cc1. The minimum atomic E-state index is -3.70. The molecule has 3 rings (SSSR count). The van der Waals surface area contributed by atoms with Crippen molar-refractivity contribution in [3.8, 4) is 5.75 Å². The Hall–Kier alpha value is -3.10. The second kappa shape index (κ2) is 9.15. The van der Waals surface area contributed by atoms with Gasteiger partial charge in [0.1, 0.15) is 5.75 Å². The maximum atomic E-state index is 12.6. The number of methoxy groups -OCH3 is 1. The molecule has 0 radical (unpaired) electrons. The van der Waals surface area contributed by atoms with Crippen LogP contribution in [0.2, 0.25) is 0 Å². The lowest BCUT2D eigenvalue weighted by molar-refractivity contribution is 0.415. The second-order valence-corrected chi connectivity index (χ2v) is 8.90. The molecule has 3 N–H and O–H groups in total. The Kier molecular flexibility index (Phi) is 6.59. The number of rotatable bonds is 6. The van der Waals surface area contributed by atoms with E-state index in [9.17, 15) is 8.42 Å². The summed E-state index contributed by atoms with van der Waals surface area (Å²) in [5.74, 6) is 0.652. The number of anilines is 3. The highest BCUT2D eigenvalue weighted by Gasteiger charge is 2.14. The summed E-state index contributed by atoms with van der Waals surface area (Å²) in [5, 5.41) is 6.62. The van der Waals surface area contributed by atoms with Crippen molar-refractivity contribution < 1.29 is 13.2 Å². The molecule has 0 bridgehead atoms. The van der Waals surface area contributed by atoms with Gasteiger partial charge in [-0.2, -0.15) is 0 Å². The minimum Gasteiger partial charge on any atom is -0.497 e. The zero-order chi connectivity index (χ0) is 21.7. The summed E-state index contributed by atoms with van der Waals surface area (Å²) in [5.41, 5.74) is 4.31. The summed E-state index contributed by atoms with van der Waals surface area (Å²) >= 11 is 5.36. The van der Waals surface area contributed by atoms with Gasteiger partial charge in [-0.05, 0) is 97.9 Å². The van der Waals surface area contributed by atoms with Crippen LogP contribution in [0.15, 0.2) is 71.6 Å². The zero-order valence-electron chi connectivity index (χ0n) is 16.9. The highest BCUT2D eigenvalue weighted by atomic mass is 32.2. The van der Waals surface area contributed by atoms with Crippen LogP contribution in [0.3, 0.4) is 0 Å². The van der Waals surface area contributed by atoms with Crippen molar-refractivity contribution in [1.29, 1.82) is 0 Å². The molecule has 156 valence electrons. The van der Waals surface area contributed by atoms with Crippen LogP contribution < -0.4 is 20.1 Å². The Morgan fingerprint density at radius 1 is 0.800 bits per heavy atom. The van der Waals surface area contributed by atoms with Crippen LogP contribution in [0.1, 0.15) is 11.1 Å². The zero-order valence-corrected chi connectivity index (χ0v) is 18.5. The number of aryl methyl sites for hydroxylation is 2. The molecule has 3 aromatic carbocycles. The third-order valence-corrected chi connectivity index (χ3v) is 5.85. The summed E-state index contributed by atoms with van der Waals surface area (Å²) in [6, 6.07) is 19.1. The highest BCUT2D eigenvalue weighted by molar-refractivity contribution is 7.92. The average Bonchev–Trinajstić information content (AvgIpc) is 2.68. The van der Waals surface area contributed by atoms with E-state index in [4.69, 9.17) is 17.0 Å². The molecule has 30 heavy (non-hydrogen) atoms. The number of benzene rings is 3. The van der Waals surface area contributed by atoms with Gasteiger partial charge >= 0.3 is 0 Å². The smallest absolute Gasteiger partial charge is 0.261 e. The molecule has 6 nitrogen and oxygen atoms in total. The molecular weight excluding hydrogens is 418 g/mol. The maximum Gasteiger partial charge on any atom is 0.261 e. The lowest BCUT2D eigenvalue weighted by atomic mass is 10.1. The first kappa shape index (κ1) is 21.6. The average molecular weight is 442 g/mol. The number of ether oxygens (including phenoxy) is 1. The summed E-state index contributed by atoms with van der Waals surface area (Å²) in [4.78, 5) is 0.150. The van der Waals surface area contributed by atoms with Gasteiger partial charge in [0.15, 0.2) is 5.11 Å². The molecule has 0 aliphatic carbocycles. The Labute approximate surface area is 182 Å². The lowest BCUT2D eigenvalue weighted by Crippen LogP contribution is -2.19. The van der Waals surface area contributed by atoms with Crippen molar-refractivity contribution >= 4 is 44.4 Å². The fourth-order valence-corrected chi connectivity index (χ4v) is 4.23. The molecule has 0 spiro atoms. The normalized spacial score (nSPS) is 10.9. The van der Waals surface area contributed by atoms with Crippen molar-refractivity contribution in [3.05, 3.63) is 77.9 Å². The van der Waals surface area contributed by atoms with Crippen LogP contribution >= 0.6 is 12.2 Å². The van der Waals surface area contributed by atoms with E-state index in [2.05, 4.69) is 21.4 Å². The molecule has 0 saturated heterocycles. The molecular formula is C22H23N3O3S2. The Balaban J connectivity index is 1.65. The van der Waals surface area contributed by atoms with Crippen LogP contribution in [0, 0.1) is 13.8 Å². The molecule has 0 unspecified atom stereocenters. The number of hydrogen-bond donors (Lipinski definition) is 3. The minimum absolute atomic E-state index is 0.150. The first-order valence-electron chi connectivity index (χ1n) is 9.18. The van der Waals surface area contributed by atoms with E-state index in [0.29, 0.717) is 22.2 Å². The fourth-order valence-electron chi connectivity index (χ4n) is 2.93. The van der Waals surface area contributed by atoms with Crippen molar-refractivity contribution in [1.82, 2.24) is 0 Å². The molecule has 0 heterocycles. The van der Waals surface area contributed by atoms with Crippen LogP contribution in [0.25, 0.3) is 0 Å². The van der Waals surface area contributed by atoms with Gasteiger partial charge in [0.2, 0.25) is 0 Å². The molecule has 0 atom stereocenters. The first-order chi connectivity index (χ1) is 14.2. The van der Waals surface area contributed by atoms with E-state index in [-0.39, 0.29) is 4.90 Å². The van der Waals surface area contributed by atoms with Gasteiger partial charge in [-0.15, -0.1) is 0 Å². The summed E-state index contributed by atoms with van der Waals surface area (Å²) < 4.78 is 32.8. The topological polar surface area (TPSA) is 79.5 Å². The third kappa shape index (κ3) is 5.71. The Morgan fingerprint density at radius 2 is 1.33 bits per heavy atom. The molecule has 0 saturated carbocycles. The number of sulfonamides is 1. The highest BCUT2D eigenvalue weighted by Crippen LogP contribution is 2.21. The second-order valence-electron chi connectivity index (χ2n) is 6.81. The maximum absolute atomic E-state index is 12.6. The summed E-state index contributed by atoms with van der Waals surface area (Å²) in [7, 11) is -2.15. The van der Waals surface area contributed by atoms with Gasteiger partial charge in [0.05, 0.1) is 12.0 Å². The molecule has 0 amide bonds. The van der Waals surface area contributed by atoms with Crippen LogP contribution in [-0.4, -0.2) is 20.6 Å². The monoisotopic (exact) mass is 441 g/mol. The fraction of sp³-hybridized carbons (Fsp3) is 0.136. The van der Waals surface area contributed by atoms with E-state index >= 15 is 0 Å². The van der Waals surface area contributed by atoms with Crippen LogP contribution in [0.5, 0.6) is 5.75 Å². The molecule has 0 aliphatic rings. The van der Waals surface area contributed by atoms with Crippen LogP contribution in [-0.2, 0) is 10.0 Å². The molecule has 0 aromatic heterocycles. The van der Waals surface area contributed by atoms with Gasteiger partial charge < -0.3 is 15.4 Å². The van der Waals surface area contributed by atoms with Crippen LogP contribution in [0.4, 0.5) is 17.1 Å². The van der Waals surface area contributed by atoms with Gasteiger partial charge in [0, 0.05) is 17.1 Å². The molecule has 3 aromatic rings. The summed E-state index contributed by atoms with van der Waals surface area (Å²) in [6.07, 6.45) is 0. The Bertz CT molecular complexity index is 1120. The van der Waals surface area contributed by atoms with Gasteiger partial charge in [-0.3, -0.25) is 4.72 Å². The van der Waals surface area contributed by atoms with Gasteiger partial charge in [-0.1, -0.05) is 6.07 Å². The first-order valence-corrected chi connectivity index (χ1v) is 11.1. The Morgan fingerprint density at radius 3 is 1.90 bits per heavy atom. The molecule has 0 fully saturated rings. The third-order valence-electron chi connectivity index (χ3n) is 4.24. The lowest BCUT2D eigenvalue weighted by Gasteiger charge is -2.13.